The van der Waals surface area contributed by atoms with Crippen molar-refractivity contribution in [1.29, 1.82) is 0 Å². The molecule has 4 nitrogen and oxygen atoms in total. The van der Waals surface area contributed by atoms with Crippen molar-refractivity contribution in [2.45, 2.75) is 37.4 Å². The molecular weight excluding hydrogens is 566 g/mol. The van der Waals surface area contributed by atoms with Gasteiger partial charge in [0, 0.05) is 47.0 Å². The Morgan fingerprint density at radius 1 is 0.848 bits per heavy atom. The van der Waals surface area contributed by atoms with E-state index in [-0.39, 0.29) is 24.0 Å². The largest absolute Gasteiger partial charge is 0.490 e. The molecule has 0 fully saturated rings. The van der Waals surface area contributed by atoms with Gasteiger partial charge in [-0.3, -0.25) is 0 Å². The molecule has 1 spiro atoms. The molecular formula is C42H35NO3. The molecule has 4 heteroatoms. The number of benzene rings is 3. The Hall–Kier alpha value is -5.22. The first kappa shape index (κ1) is 27.1. The van der Waals surface area contributed by atoms with Gasteiger partial charge in [-0.25, -0.2) is 0 Å². The molecule has 3 aliphatic carbocycles. The quantitative estimate of drug-likeness (QED) is 0.325. The molecule has 3 aromatic rings. The van der Waals surface area contributed by atoms with Crippen molar-refractivity contribution in [3.8, 4) is 22.6 Å². The van der Waals surface area contributed by atoms with E-state index in [2.05, 4.69) is 121 Å². The molecule has 0 amide bonds. The molecule has 6 aliphatic rings. The number of hydrogen-bond donors (Lipinski definition) is 1. The lowest BCUT2D eigenvalue weighted by Gasteiger charge is -2.50. The molecule has 5 unspecified atom stereocenters. The maximum atomic E-state index is 7.02. The summed E-state index contributed by atoms with van der Waals surface area (Å²) in [5.74, 6) is 4.09. The van der Waals surface area contributed by atoms with Crippen LogP contribution < -0.4 is 10.5 Å². The summed E-state index contributed by atoms with van der Waals surface area (Å²) in [5.41, 5.74) is 15.0. The zero-order chi connectivity index (χ0) is 30.8. The summed E-state index contributed by atoms with van der Waals surface area (Å²) in [4.78, 5) is 0. The summed E-state index contributed by atoms with van der Waals surface area (Å²) < 4.78 is 20.1. The fourth-order valence-corrected chi connectivity index (χ4v) is 8.54. The predicted octanol–water partition coefficient (Wildman–Crippen LogP) is 9.12. The van der Waals surface area contributed by atoms with Crippen molar-refractivity contribution < 1.29 is 14.2 Å². The van der Waals surface area contributed by atoms with Gasteiger partial charge in [0.1, 0.15) is 29.5 Å². The van der Waals surface area contributed by atoms with Crippen LogP contribution in [0.25, 0.3) is 11.1 Å². The smallest absolute Gasteiger partial charge is 0.132 e. The van der Waals surface area contributed by atoms with Crippen LogP contribution in [0.4, 0.5) is 0 Å². The highest BCUT2D eigenvalue weighted by atomic mass is 16.5. The van der Waals surface area contributed by atoms with Gasteiger partial charge in [0.25, 0.3) is 0 Å². The molecule has 2 N–H and O–H groups in total. The first-order valence-electron chi connectivity index (χ1n) is 16.2. The molecule has 46 heavy (non-hydrogen) atoms. The lowest BCUT2D eigenvalue weighted by Crippen LogP contribution is -2.45. The molecule has 0 radical (unpaired) electrons. The van der Waals surface area contributed by atoms with Crippen molar-refractivity contribution >= 4 is 0 Å². The predicted molar refractivity (Wildman–Crippen MR) is 182 cm³/mol. The van der Waals surface area contributed by atoms with E-state index in [1.807, 2.05) is 13.0 Å². The van der Waals surface area contributed by atoms with Crippen LogP contribution >= 0.6 is 0 Å². The molecule has 0 aromatic heterocycles. The monoisotopic (exact) mass is 601 g/mol. The summed E-state index contributed by atoms with van der Waals surface area (Å²) >= 11 is 0. The van der Waals surface area contributed by atoms with Gasteiger partial charge in [-0.15, -0.1) is 0 Å². The average Bonchev–Trinajstić information content (AvgIpc) is 3.42. The van der Waals surface area contributed by atoms with E-state index >= 15 is 0 Å². The van der Waals surface area contributed by atoms with Crippen molar-refractivity contribution in [3.05, 3.63) is 179 Å². The van der Waals surface area contributed by atoms with E-state index in [0.717, 1.165) is 52.6 Å². The third kappa shape index (κ3) is 3.86. The van der Waals surface area contributed by atoms with Crippen molar-refractivity contribution in [2.24, 2.45) is 17.6 Å². The Morgan fingerprint density at radius 2 is 1.70 bits per heavy atom. The second-order valence-electron chi connectivity index (χ2n) is 12.8. The van der Waals surface area contributed by atoms with Crippen LogP contribution in [0.15, 0.2) is 167 Å². The van der Waals surface area contributed by atoms with Crippen LogP contribution in [0, 0.1) is 11.8 Å². The SMILES string of the molecule is CC1=C(/C=C\N)C2C(C3C=CC4=C(C3)OC3CC=CC=C3C43c4ccccc4Oc4cc(-c5ccccc5)ccc43)=CC=CC2O1. The van der Waals surface area contributed by atoms with E-state index in [4.69, 9.17) is 19.9 Å². The second kappa shape index (κ2) is 10.4. The molecule has 3 aromatic carbocycles. The summed E-state index contributed by atoms with van der Waals surface area (Å²) in [7, 11) is 0. The first-order valence-corrected chi connectivity index (χ1v) is 16.2. The number of nitrogens with two attached hydrogens (primary N) is 1. The Morgan fingerprint density at radius 3 is 2.59 bits per heavy atom. The lowest BCUT2D eigenvalue weighted by atomic mass is 9.58. The zero-order valence-corrected chi connectivity index (χ0v) is 25.7. The van der Waals surface area contributed by atoms with Crippen LogP contribution in [0.2, 0.25) is 0 Å². The third-order valence-electron chi connectivity index (χ3n) is 10.5. The molecule has 9 rings (SSSR count). The number of ether oxygens (including phenoxy) is 3. The van der Waals surface area contributed by atoms with Gasteiger partial charge >= 0.3 is 0 Å². The third-order valence-corrected chi connectivity index (χ3v) is 10.5. The molecule has 226 valence electrons. The van der Waals surface area contributed by atoms with Crippen molar-refractivity contribution in [2.75, 3.05) is 0 Å². The van der Waals surface area contributed by atoms with Crippen LogP contribution in [-0.2, 0) is 14.9 Å². The van der Waals surface area contributed by atoms with Gasteiger partial charge < -0.3 is 19.9 Å². The average molecular weight is 602 g/mol. The standard InChI is InChI=1S/C42H35NO3/c1-26-30(22-23-43)41-31(12-9-17-38(41)44-26)29-19-21-35-40(25-29)46-37-16-8-6-14-33(37)42(35)32-13-5-7-15-36(32)45-39-24-28(18-20-34(39)42)27-10-3-2-4-11-27/h2-15,17-24,29,37-38,41H,16,25,43H2,1H3/b23-22-. The van der Waals surface area contributed by atoms with Crippen LogP contribution in [0.1, 0.15) is 30.9 Å². The van der Waals surface area contributed by atoms with Gasteiger partial charge in [0.05, 0.1) is 11.2 Å². The summed E-state index contributed by atoms with van der Waals surface area (Å²) in [6, 6.07) is 25.8. The number of hydrogen-bond acceptors (Lipinski definition) is 4. The fraction of sp³-hybridized carbons (Fsp3) is 0.190. The molecule has 3 heterocycles. The van der Waals surface area contributed by atoms with Gasteiger partial charge in [-0.05, 0) is 54.1 Å². The van der Waals surface area contributed by atoms with E-state index in [1.54, 1.807) is 6.20 Å². The molecule has 0 saturated carbocycles. The Balaban J connectivity index is 1.21. The molecule has 5 atom stereocenters. The number of rotatable bonds is 3. The van der Waals surface area contributed by atoms with Crippen LogP contribution in [0.5, 0.6) is 11.5 Å². The Bertz CT molecular complexity index is 2020. The highest BCUT2D eigenvalue weighted by molar-refractivity contribution is 5.76. The lowest BCUT2D eigenvalue weighted by molar-refractivity contribution is 0.104. The second-order valence-corrected chi connectivity index (χ2v) is 12.8. The van der Waals surface area contributed by atoms with Crippen LogP contribution in [-0.4, -0.2) is 12.2 Å². The van der Waals surface area contributed by atoms with Crippen molar-refractivity contribution in [3.63, 3.8) is 0 Å². The molecule has 0 saturated heterocycles. The number of allylic oxidation sites excluding steroid dienone is 10. The Kier molecular flexibility index (Phi) is 6.14. The number of fused-ring (bicyclic) bond motifs is 8. The van der Waals surface area contributed by atoms with E-state index < -0.39 is 5.41 Å². The van der Waals surface area contributed by atoms with E-state index in [9.17, 15) is 0 Å². The van der Waals surface area contributed by atoms with Crippen molar-refractivity contribution in [1.82, 2.24) is 0 Å². The Labute approximate surface area is 269 Å². The van der Waals surface area contributed by atoms with E-state index in [0.29, 0.717) is 0 Å². The summed E-state index contributed by atoms with van der Waals surface area (Å²) in [6.45, 7) is 2.04. The normalized spacial score (nSPS) is 28.4. The maximum Gasteiger partial charge on any atom is 0.132 e. The minimum Gasteiger partial charge on any atom is -0.490 e. The topological polar surface area (TPSA) is 53.7 Å². The minimum absolute atomic E-state index is 0.0142. The van der Waals surface area contributed by atoms with Crippen LogP contribution in [0.3, 0.4) is 0 Å². The maximum absolute atomic E-state index is 7.02. The van der Waals surface area contributed by atoms with Gasteiger partial charge in [-0.2, -0.15) is 0 Å². The highest BCUT2D eigenvalue weighted by Gasteiger charge is 2.54. The zero-order valence-electron chi connectivity index (χ0n) is 25.7. The summed E-state index contributed by atoms with van der Waals surface area (Å²) in [5, 5.41) is 0. The first-order chi connectivity index (χ1) is 22.7. The van der Waals surface area contributed by atoms with E-state index in [1.165, 1.54) is 27.8 Å². The van der Waals surface area contributed by atoms with Gasteiger partial charge in [0.15, 0.2) is 0 Å². The molecule has 0 bridgehead atoms. The minimum atomic E-state index is -0.534. The van der Waals surface area contributed by atoms with Gasteiger partial charge in [-0.1, -0.05) is 109 Å². The highest BCUT2D eigenvalue weighted by Crippen LogP contribution is 2.62. The van der Waals surface area contributed by atoms with Gasteiger partial charge in [0.2, 0.25) is 0 Å². The molecule has 3 aliphatic heterocycles. The number of para-hydroxylation sites is 1. The fourth-order valence-electron chi connectivity index (χ4n) is 8.54. The summed E-state index contributed by atoms with van der Waals surface area (Å²) in [6.07, 6.45) is 23.1.